The summed E-state index contributed by atoms with van der Waals surface area (Å²) in [6.45, 7) is 0. The number of hydrogen-bond acceptors (Lipinski definition) is 4. The molecule has 2 rings (SSSR count). The Morgan fingerprint density at radius 1 is 1.15 bits per heavy atom. The fourth-order valence-corrected chi connectivity index (χ4v) is 1.85. The molecule has 0 saturated heterocycles. The van der Waals surface area contributed by atoms with Crippen molar-refractivity contribution in [1.82, 2.24) is 5.43 Å². The van der Waals surface area contributed by atoms with Crippen LogP contribution in [0.3, 0.4) is 0 Å². The highest BCUT2D eigenvalue weighted by atomic mass is 79.9. The van der Waals surface area contributed by atoms with Crippen LogP contribution in [0.25, 0.3) is 0 Å². The van der Waals surface area contributed by atoms with Crippen LogP contribution in [0.1, 0.15) is 15.9 Å². The molecule has 0 aromatic heterocycles. The Balaban J connectivity index is 2.04. The minimum Gasteiger partial charge on any atom is -0.508 e. The van der Waals surface area contributed by atoms with Gasteiger partial charge in [-0.1, -0.05) is 15.9 Å². The van der Waals surface area contributed by atoms with E-state index < -0.39 is 5.91 Å². The van der Waals surface area contributed by atoms with Gasteiger partial charge in [-0.05, 0) is 42.5 Å². The Morgan fingerprint density at radius 2 is 1.85 bits per heavy atom. The second kappa shape index (κ2) is 6.21. The summed E-state index contributed by atoms with van der Waals surface area (Å²) < 4.78 is 0.793. The molecule has 0 fully saturated rings. The number of halogens is 1. The van der Waals surface area contributed by atoms with Gasteiger partial charge in [0.15, 0.2) is 0 Å². The van der Waals surface area contributed by atoms with Gasteiger partial charge in [-0.25, -0.2) is 5.43 Å². The van der Waals surface area contributed by atoms with E-state index in [9.17, 15) is 9.90 Å². The Morgan fingerprint density at radius 3 is 2.55 bits per heavy atom. The van der Waals surface area contributed by atoms with Crippen LogP contribution in [0.2, 0.25) is 0 Å². The zero-order chi connectivity index (χ0) is 14.5. The Kier molecular flexibility index (Phi) is 4.37. The number of aromatic hydroxyl groups is 2. The molecule has 3 N–H and O–H groups in total. The van der Waals surface area contributed by atoms with E-state index in [-0.39, 0.29) is 11.5 Å². The van der Waals surface area contributed by atoms with Gasteiger partial charge in [-0.3, -0.25) is 4.79 Å². The monoisotopic (exact) mass is 334 g/mol. The third kappa shape index (κ3) is 3.58. The van der Waals surface area contributed by atoms with E-state index in [0.717, 1.165) is 4.47 Å². The number of benzene rings is 2. The number of hydrogen-bond donors (Lipinski definition) is 3. The average Bonchev–Trinajstić information content (AvgIpc) is 2.43. The van der Waals surface area contributed by atoms with E-state index in [1.807, 2.05) is 0 Å². The lowest BCUT2D eigenvalue weighted by molar-refractivity contribution is 0.0955. The van der Waals surface area contributed by atoms with Crippen LogP contribution in [-0.2, 0) is 0 Å². The van der Waals surface area contributed by atoms with Crippen molar-refractivity contribution in [3.63, 3.8) is 0 Å². The van der Waals surface area contributed by atoms with Crippen molar-refractivity contribution >= 4 is 28.1 Å². The van der Waals surface area contributed by atoms with Crippen LogP contribution >= 0.6 is 15.9 Å². The van der Waals surface area contributed by atoms with Gasteiger partial charge in [0.05, 0.1) is 6.21 Å². The van der Waals surface area contributed by atoms with Gasteiger partial charge in [0, 0.05) is 15.6 Å². The topological polar surface area (TPSA) is 81.9 Å². The maximum atomic E-state index is 11.7. The number of phenols is 2. The Bertz CT molecular complexity index is 654. The normalized spacial score (nSPS) is 10.7. The zero-order valence-electron chi connectivity index (χ0n) is 10.2. The summed E-state index contributed by atoms with van der Waals surface area (Å²) in [4.78, 5) is 11.7. The highest BCUT2D eigenvalue weighted by molar-refractivity contribution is 9.10. The summed E-state index contributed by atoms with van der Waals surface area (Å²) in [6, 6.07) is 10.7. The Hall–Kier alpha value is -2.34. The zero-order valence-corrected chi connectivity index (χ0v) is 11.8. The summed E-state index contributed by atoms with van der Waals surface area (Å²) in [6.07, 6.45) is 1.35. The van der Waals surface area contributed by atoms with Crippen molar-refractivity contribution in [3.05, 3.63) is 58.1 Å². The van der Waals surface area contributed by atoms with Crippen molar-refractivity contribution in [1.29, 1.82) is 0 Å². The first-order valence-corrected chi connectivity index (χ1v) is 6.46. The van der Waals surface area contributed by atoms with Crippen molar-refractivity contribution < 1.29 is 15.0 Å². The maximum absolute atomic E-state index is 11.7. The fourth-order valence-electron chi connectivity index (χ4n) is 1.47. The fraction of sp³-hybridized carbons (Fsp3) is 0. The molecule has 102 valence electrons. The van der Waals surface area contributed by atoms with Gasteiger partial charge in [0.25, 0.3) is 5.91 Å². The standard InChI is InChI=1S/C14H11BrN2O3/c15-11-3-6-13(19)10(7-11)8-16-17-14(20)9-1-4-12(18)5-2-9/h1-8,18-19H,(H,17,20)/b16-8+. The molecular weight excluding hydrogens is 324 g/mol. The molecule has 6 heteroatoms. The summed E-state index contributed by atoms with van der Waals surface area (Å²) >= 11 is 3.28. The number of carbonyl (C=O) groups excluding carboxylic acids is 1. The molecule has 1 amide bonds. The molecule has 0 atom stereocenters. The molecule has 0 spiro atoms. The summed E-state index contributed by atoms with van der Waals surface area (Å²) in [5, 5.41) is 22.5. The van der Waals surface area contributed by atoms with Gasteiger partial charge >= 0.3 is 0 Å². The molecule has 0 saturated carbocycles. The van der Waals surface area contributed by atoms with Crippen LogP contribution in [0.5, 0.6) is 11.5 Å². The van der Waals surface area contributed by atoms with Crippen LogP contribution in [-0.4, -0.2) is 22.3 Å². The first-order chi connectivity index (χ1) is 9.56. The predicted octanol–water partition coefficient (Wildman–Crippen LogP) is 2.62. The van der Waals surface area contributed by atoms with Gasteiger partial charge in [0.1, 0.15) is 11.5 Å². The summed E-state index contributed by atoms with van der Waals surface area (Å²) in [7, 11) is 0. The largest absolute Gasteiger partial charge is 0.508 e. The van der Waals surface area contributed by atoms with Crippen LogP contribution < -0.4 is 5.43 Å². The SMILES string of the molecule is O=C(N/N=C/c1cc(Br)ccc1O)c1ccc(O)cc1. The predicted molar refractivity (Wildman–Crippen MR) is 79.0 cm³/mol. The van der Waals surface area contributed by atoms with Crippen LogP contribution in [0, 0.1) is 0 Å². The number of rotatable bonds is 3. The smallest absolute Gasteiger partial charge is 0.271 e. The van der Waals surface area contributed by atoms with Crippen molar-refractivity contribution in [2.45, 2.75) is 0 Å². The van der Waals surface area contributed by atoms with Crippen molar-refractivity contribution in [2.24, 2.45) is 5.10 Å². The maximum Gasteiger partial charge on any atom is 0.271 e. The molecular formula is C14H11BrN2O3. The van der Waals surface area contributed by atoms with E-state index in [1.165, 1.54) is 36.5 Å². The number of phenolic OH excluding ortho intramolecular Hbond substituents is 2. The molecule has 0 unspecified atom stereocenters. The minimum absolute atomic E-state index is 0.0656. The molecule has 0 heterocycles. The molecule has 5 nitrogen and oxygen atoms in total. The third-order valence-corrected chi connectivity index (χ3v) is 2.98. The lowest BCUT2D eigenvalue weighted by Gasteiger charge is -2.01. The molecule has 0 bridgehead atoms. The van der Waals surface area contributed by atoms with E-state index >= 15 is 0 Å². The van der Waals surface area contributed by atoms with Crippen molar-refractivity contribution in [2.75, 3.05) is 0 Å². The first-order valence-electron chi connectivity index (χ1n) is 5.67. The first kappa shape index (κ1) is 14.1. The van der Waals surface area contributed by atoms with Gasteiger partial charge in [-0.2, -0.15) is 5.10 Å². The molecule has 0 aliphatic heterocycles. The van der Waals surface area contributed by atoms with Crippen LogP contribution in [0.15, 0.2) is 52.0 Å². The lowest BCUT2D eigenvalue weighted by atomic mass is 10.2. The second-order valence-electron chi connectivity index (χ2n) is 3.95. The number of amides is 1. The average molecular weight is 335 g/mol. The van der Waals surface area contributed by atoms with Crippen molar-refractivity contribution in [3.8, 4) is 11.5 Å². The minimum atomic E-state index is -0.407. The van der Waals surface area contributed by atoms with E-state index in [2.05, 4.69) is 26.5 Å². The van der Waals surface area contributed by atoms with Crippen LogP contribution in [0.4, 0.5) is 0 Å². The van der Waals surface area contributed by atoms with E-state index in [1.54, 1.807) is 12.1 Å². The molecule has 2 aromatic carbocycles. The summed E-state index contributed by atoms with van der Waals surface area (Å²) in [5.74, 6) is -0.254. The molecule has 20 heavy (non-hydrogen) atoms. The second-order valence-corrected chi connectivity index (χ2v) is 4.86. The molecule has 0 radical (unpaired) electrons. The number of nitrogens with one attached hydrogen (secondary N) is 1. The van der Waals surface area contributed by atoms with Gasteiger partial charge in [-0.15, -0.1) is 0 Å². The lowest BCUT2D eigenvalue weighted by Crippen LogP contribution is -2.17. The molecule has 0 aliphatic rings. The van der Waals surface area contributed by atoms with Gasteiger partial charge in [0.2, 0.25) is 0 Å². The number of nitrogens with zero attached hydrogens (tertiary/aromatic N) is 1. The number of hydrazone groups is 1. The van der Waals surface area contributed by atoms with E-state index in [4.69, 9.17) is 5.11 Å². The number of carbonyl (C=O) groups is 1. The third-order valence-electron chi connectivity index (χ3n) is 2.49. The molecule has 2 aromatic rings. The van der Waals surface area contributed by atoms with Gasteiger partial charge < -0.3 is 10.2 Å². The van der Waals surface area contributed by atoms with E-state index in [0.29, 0.717) is 11.1 Å². The molecule has 0 aliphatic carbocycles. The quantitative estimate of drug-likeness (QED) is 0.596. The highest BCUT2D eigenvalue weighted by Gasteiger charge is 2.04. The summed E-state index contributed by atoms with van der Waals surface area (Å²) in [5.41, 5.74) is 3.19. The highest BCUT2D eigenvalue weighted by Crippen LogP contribution is 2.19. The Labute approximate surface area is 123 Å².